The minimum Gasteiger partial charge on any atom is -0.486 e. The van der Waals surface area contributed by atoms with E-state index in [0.29, 0.717) is 42.8 Å². The molecule has 1 aromatic carbocycles. The first-order valence-corrected chi connectivity index (χ1v) is 8.98. The molecular formula is C17H24ClIN6O2. The largest absolute Gasteiger partial charge is 0.486 e. The molecule has 8 nitrogen and oxygen atoms in total. The fraction of sp³-hybridized carbons (Fsp3) is 0.471. The van der Waals surface area contributed by atoms with E-state index in [1.54, 1.807) is 4.68 Å². The summed E-state index contributed by atoms with van der Waals surface area (Å²) in [5, 5.41) is 11.2. The van der Waals surface area contributed by atoms with Gasteiger partial charge >= 0.3 is 0 Å². The van der Waals surface area contributed by atoms with Gasteiger partial charge in [-0.25, -0.2) is 9.98 Å². The van der Waals surface area contributed by atoms with E-state index in [-0.39, 0.29) is 24.0 Å². The van der Waals surface area contributed by atoms with Gasteiger partial charge in [0.05, 0.1) is 5.02 Å². The summed E-state index contributed by atoms with van der Waals surface area (Å²) in [6.07, 6.45) is 2.31. The van der Waals surface area contributed by atoms with E-state index in [2.05, 4.69) is 25.7 Å². The van der Waals surface area contributed by atoms with Gasteiger partial charge in [-0.3, -0.25) is 4.68 Å². The van der Waals surface area contributed by atoms with Crippen molar-refractivity contribution in [1.29, 1.82) is 0 Å². The Labute approximate surface area is 180 Å². The van der Waals surface area contributed by atoms with Crippen LogP contribution in [0, 0.1) is 0 Å². The predicted molar refractivity (Wildman–Crippen MR) is 115 cm³/mol. The van der Waals surface area contributed by atoms with Crippen LogP contribution in [0.25, 0.3) is 0 Å². The van der Waals surface area contributed by atoms with Crippen LogP contribution in [0.5, 0.6) is 11.5 Å². The second-order valence-corrected chi connectivity index (χ2v) is 6.18. The number of benzene rings is 1. The highest BCUT2D eigenvalue weighted by molar-refractivity contribution is 14.0. The number of guanidine groups is 1. The van der Waals surface area contributed by atoms with Crippen molar-refractivity contribution in [3.63, 3.8) is 0 Å². The maximum Gasteiger partial charge on any atom is 0.191 e. The molecule has 0 aliphatic carbocycles. The van der Waals surface area contributed by atoms with Crippen LogP contribution in [0.1, 0.15) is 18.3 Å². The van der Waals surface area contributed by atoms with Gasteiger partial charge in [-0.05, 0) is 31.0 Å². The quantitative estimate of drug-likeness (QED) is 0.355. The number of fused-ring (bicyclic) bond motifs is 1. The molecule has 0 fully saturated rings. The lowest BCUT2D eigenvalue weighted by Crippen LogP contribution is -2.38. The normalized spacial score (nSPS) is 13.1. The van der Waals surface area contributed by atoms with Crippen molar-refractivity contribution >= 4 is 41.5 Å². The second kappa shape index (κ2) is 10.5. The first kappa shape index (κ1) is 21.5. The minimum absolute atomic E-state index is 0. The third kappa shape index (κ3) is 5.86. The average Bonchev–Trinajstić information content (AvgIpc) is 3.05. The molecule has 10 heteroatoms. The van der Waals surface area contributed by atoms with Gasteiger partial charge in [0.2, 0.25) is 0 Å². The van der Waals surface area contributed by atoms with Crippen LogP contribution in [0.2, 0.25) is 5.02 Å². The molecule has 0 amide bonds. The van der Waals surface area contributed by atoms with Gasteiger partial charge in [0.25, 0.3) is 0 Å². The summed E-state index contributed by atoms with van der Waals surface area (Å²) in [7, 11) is 1.85. The van der Waals surface area contributed by atoms with Gasteiger partial charge in [0.15, 0.2) is 17.5 Å². The van der Waals surface area contributed by atoms with E-state index in [4.69, 9.17) is 21.1 Å². The summed E-state index contributed by atoms with van der Waals surface area (Å²) >= 11 is 6.28. The number of hydrogen-bond donors (Lipinski definition) is 2. The number of aliphatic imine (C=N–C) groups is 1. The maximum absolute atomic E-state index is 6.28. The van der Waals surface area contributed by atoms with Crippen LogP contribution in [0.4, 0.5) is 0 Å². The Bertz CT molecular complexity index is 783. The van der Waals surface area contributed by atoms with Crippen LogP contribution >= 0.6 is 35.6 Å². The number of hydrogen-bond acceptors (Lipinski definition) is 5. The van der Waals surface area contributed by atoms with Crippen LogP contribution < -0.4 is 20.1 Å². The summed E-state index contributed by atoms with van der Waals surface area (Å²) in [5.74, 6) is 2.88. The predicted octanol–water partition coefficient (Wildman–Crippen LogP) is 2.16. The van der Waals surface area contributed by atoms with E-state index < -0.39 is 0 Å². The van der Waals surface area contributed by atoms with Crippen molar-refractivity contribution in [2.45, 2.75) is 19.9 Å². The Morgan fingerprint density at radius 1 is 1.30 bits per heavy atom. The first-order valence-electron chi connectivity index (χ1n) is 8.60. The van der Waals surface area contributed by atoms with Crippen molar-refractivity contribution in [2.24, 2.45) is 12.0 Å². The van der Waals surface area contributed by atoms with Gasteiger partial charge < -0.3 is 20.1 Å². The molecule has 1 aliphatic rings. The zero-order valence-corrected chi connectivity index (χ0v) is 18.5. The number of aromatic nitrogens is 3. The van der Waals surface area contributed by atoms with Crippen molar-refractivity contribution < 1.29 is 9.47 Å². The molecule has 148 valence electrons. The van der Waals surface area contributed by atoms with Gasteiger partial charge in [-0.2, -0.15) is 5.10 Å². The first-order chi connectivity index (χ1) is 12.7. The highest BCUT2D eigenvalue weighted by Crippen LogP contribution is 2.38. The van der Waals surface area contributed by atoms with E-state index >= 15 is 0 Å². The number of nitrogens with one attached hydrogen (secondary N) is 2. The topological polar surface area (TPSA) is 85.6 Å². The zero-order chi connectivity index (χ0) is 18.4. The number of ether oxygens (including phenoxy) is 2. The summed E-state index contributed by atoms with van der Waals surface area (Å²) in [5.41, 5.74) is 1.08. The minimum atomic E-state index is 0. The van der Waals surface area contributed by atoms with Gasteiger partial charge in [-0.15, -0.1) is 24.0 Å². The van der Waals surface area contributed by atoms with Gasteiger partial charge in [0, 0.05) is 20.1 Å². The van der Waals surface area contributed by atoms with Crippen LogP contribution in [0.3, 0.4) is 0 Å². The van der Waals surface area contributed by atoms with Crippen molar-refractivity contribution in [3.05, 3.63) is 34.9 Å². The molecular weight excluding hydrogens is 483 g/mol. The smallest absolute Gasteiger partial charge is 0.191 e. The lowest BCUT2D eigenvalue weighted by Gasteiger charge is -2.20. The Morgan fingerprint density at radius 2 is 2.11 bits per heavy atom. The standard InChI is InChI=1S/C17H23ClN6O2.HI/c1-3-19-17(21-10-15-22-11-23-24(15)2)20-5-4-12-8-13(18)16-14(9-12)25-6-7-26-16;/h8-9,11H,3-7,10H2,1-2H3,(H2,19,20,21);1H. The van der Waals surface area contributed by atoms with E-state index in [9.17, 15) is 0 Å². The van der Waals surface area contributed by atoms with Crippen LogP contribution in [0.15, 0.2) is 23.5 Å². The van der Waals surface area contributed by atoms with E-state index in [0.717, 1.165) is 30.3 Å². The van der Waals surface area contributed by atoms with Gasteiger partial charge in [-0.1, -0.05) is 11.6 Å². The molecule has 2 heterocycles. The Morgan fingerprint density at radius 3 is 2.85 bits per heavy atom. The van der Waals surface area contributed by atoms with E-state index in [1.165, 1.54) is 6.33 Å². The molecule has 0 saturated carbocycles. The Kier molecular flexibility index (Phi) is 8.42. The number of aryl methyl sites for hydroxylation is 1. The molecule has 0 unspecified atom stereocenters. The van der Waals surface area contributed by atoms with Crippen molar-refractivity contribution in [3.8, 4) is 11.5 Å². The zero-order valence-electron chi connectivity index (χ0n) is 15.4. The number of halogens is 2. The molecule has 0 bridgehead atoms. The lowest BCUT2D eigenvalue weighted by atomic mass is 10.1. The molecule has 0 radical (unpaired) electrons. The maximum atomic E-state index is 6.28. The molecule has 2 N–H and O–H groups in total. The van der Waals surface area contributed by atoms with Crippen LogP contribution in [-0.4, -0.2) is 47.0 Å². The molecule has 1 aliphatic heterocycles. The highest BCUT2D eigenvalue weighted by Gasteiger charge is 2.16. The average molecular weight is 507 g/mol. The Balaban J connectivity index is 0.00000261. The number of nitrogens with zero attached hydrogens (tertiary/aromatic N) is 4. The molecule has 0 atom stereocenters. The van der Waals surface area contributed by atoms with Gasteiger partial charge in [0.1, 0.15) is 31.9 Å². The van der Waals surface area contributed by atoms with E-state index in [1.807, 2.05) is 26.1 Å². The molecule has 1 aromatic heterocycles. The summed E-state index contributed by atoms with van der Waals surface area (Å²) in [4.78, 5) is 8.71. The third-order valence-corrected chi connectivity index (χ3v) is 4.17. The van der Waals surface area contributed by atoms with Crippen molar-refractivity contribution in [1.82, 2.24) is 25.4 Å². The number of rotatable bonds is 6. The lowest BCUT2D eigenvalue weighted by molar-refractivity contribution is 0.171. The second-order valence-electron chi connectivity index (χ2n) is 5.77. The SMILES string of the molecule is CCNC(=NCc1ncnn1C)NCCc1cc(Cl)c2c(c1)OCCO2.I. The molecule has 0 saturated heterocycles. The highest BCUT2D eigenvalue weighted by atomic mass is 127. The Hall–Kier alpha value is -1.75. The molecule has 2 aromatic rings. The summed E-state index contributed by atoms with van der Waals surface area (Å²) < 4.78 is 12.9. The molecule has 3 rings (SSSR count). The molecule has 27 heavy (non-hydrogen) atoms. The van der Waals surface area contributed by atoms with Crippen molar-refractivity contribution in [2.75, 3.05) is 26.3 Å². The fourth-order valence-corrected chi connectivity index (χ4v) is 2.88. The summed E-state index contributed by atoms with van der Waals surface area (Å²) in [6.45, 7) is 5.05. The molecule has 0 spiro atoms. The summed E-state index contributed by atoms with van der Waals surface area (Å²) in [6, 6.07) is 3.89. The fourth-order valence-electron chi connectivity index (χ4n) is 2.59. The monoisotopic (exact) mass is 506 g/mol. The van der Waals surface area contributed by atoms with Crippen LogP contribution in [-0.2, 0) is 20.0 Å². The third-order valence-electron chi connectivity index (χ3n) is 3.89.